The van der Waals surface area contributed by atoms with Gasteiger partial charge in [0.1, 0.15) is 0 Å². The fourth-order valence-electron chi connectivity index (χ4n) is 1.48. The van der Waals surface area contributed by atoms with Crippen LogP contribution in [-0.4, -0.2) is 39.4 Å². The minimum absolute atomic E-state index is 0.191. The van der Waals surface area contributed by atoms with E-state index in [4.69, 9.17) is 14.8 Å². The SMILES string of the molecule is CCOC(=O)c1cc2cc(B(O)O)ccn2n1. The van der Waals surface area contributed by atoms with E-state index in [9.17, 15) is 4.79 Å². The lowest BCUT2D eigenvalue weighted by molar-refractivity contribution is 0.0519. The van der Waals surface area contributed by atoms with Crippen LogP contribution in [0.4, 0.5) is 0 Å². The third kappa shape index (κ3) is 2.30. The molecule has 0 aliphatic heterocycles. The lowest BCUT2D eigenvalue weighted by atomic mass is 9.81. The maximum Gasteiger partial charge on any atom is 0.488 e. The summed E-state index contributed by atoms with van der Waals surface area (Å²) in [6, 6.07) is 4.59. The maximum absolute atomic E-state index is 11.4. The van der Waals surface area contributed by atoms with Gasteiger partial charge in [0.05, 0.1) is 12.1 Å². The van der Waals surface area contributed by atoms with Crippen LogP contribution in [0.2, 0.25) is 0 Å². The quantitative estimate of drug-likeness (QED) is 0.536. The summed E-state index contributed by atoms with van der Waals surface area (Å²) in [4.78, 5) is 11.4. The van der Waals surface area contributed by atoms with Gasteiger partial charge in [-0.2, -0.15) is 5.10 Å². The largest absolute Gasteiger partial charge is 0.488 e. The molecule has 7 heteroatoms. The lowest BCUT2D eigenvalue weighted by Crippen LogP contribution is -2.29. The van der Waals surface area contributed by atoms with Crippen LogP contribution in [0.5, 0.6) is 0 Å². The molecule has 2 heterocycles. The fraction of sp³-hybridized carbons (Fsp3) is 0.200. The van der Waals surface area contributed by atoms with E-state index >= 15 is 0 Å². The first kappa shape index (κ1) is 11.6. The molecule has 0 saturated heterocycles. The molecule has 88 valence electrons. The summed E-state index contributed by atoms with van der Waals surface area (Å²) >= 11 is 0. The van der Waals surface area contributed by atoms with Crippen LogP contribution in [0.25, 0.3) is 5.52 Å². The summed E-state index contributed by atoms with van der Waals surface area (Å²) in [5, 5.41) is 22.0. The summed E-state index contributed by atoms with van der Waals surface area (Å²) in [7, 11) is -1.54. The van der Waals surface area contributed by atoms with Gasteiger partial charge < -0.3 is 14.8 Å². The molecule has 0 fully saturated rings. The highest BCUT2D eigenvalue weighted by Crippen LogP contribution is 2.06. The van der Waals surface area contributed by atoms with Gasteiger partial charge in [-0.15, -0.1) is 0 Å². The van der Waals surface area contributed by atoms with Gasteiger partial charge in [0.2, 0.25) is 0 Å². The molecule has 0 aliphatic rings. The number of hydrogen-bond donors (Lipinski definition) is 2. The number of hydrogen-bond acceptors (Lipinski definition) is 5. The molecule has 0 saturated carbocycles. The van der Waals surface area contributed by atoms with Crippen molar-refractivity contribution in [1.82, 2.24) is 9.61 Å². The number of fused-ring (bicyclic) bond motifs is 1. The third-order valence-corrected chi connectivity index (χ3v) is 2.27. The molecule has 2 aromatic rings. The zero-order valence-electron chi connectivity index (χ0n) is 9.20. The van der Waals surface area contributed by atoms with Gasteiger partial charge in [-0.3, -0.25) is 0 Å². The van der Waals surface area contributed by atoms with E-state index in [1.54, 1.807) is 19.2 Å². The minimum atomic E-state index is -1.54. The normalized spacial score (nSPS) is 10.5. The second kappa shape index (κ2) is 4.56. The van der Waals surface area contributed by atoms with Crippen LogP contribution in [0.1, 0.15) is 17.4 Å². The summed E-state index contributed by atoms with van der Waals surface area (Å²) in [5.41, 5.74) is 1.13. The summed E-state index contributed by atoms with van der Waals surface area (Å²) in [6.07, 6.45) is 1.55. The number of aromatic nitrogens is 2. The molecule has 6 nitrogen and oxygen atoms in total. The number of nitrogens with zero attached hydrogens (tertiary/aromatic N) is 2. The Labute approximate surface area is 97.6 Å². The van der Waals surface area contributed by atoms with Gasteiger partial charge in [-0.1, -0.05) is 0 Å². The van der Waals surface area contributed by atoms with Crippen LogP contribution >= 0.6 is 0 Å². The van der Waals surface area contributed by atoms with E-state index in [0.717, 1.165) is 0 Å². The Balaban J connectivity index is 2.40. The summed E-state index contributed by atoms with van der Waals surface area (Å²) < 4.78 is 6.29. The maximum atomic E-state index is 11.4. The number of esters is 1. The Hall–Kier alpha value is -1.86. The zero-order chi connectivity index (χ0) is 12.4. The molecule has 0 aromatic carbocycles. The monoisotopic (exact) mass is 234 g/mol. The van der Waals surface area contributed by atoms with Crippen molar-refractivity contribution in [1.29, 1.82) is 0 Å². The predicted molar refractivity (Wildman–Crippen MR) is 61.0 cm³/mol. The molecular formula is C10H11BN2O4. The van der Waals surface area contributed by atoms with Crippen LogP contribution in [0.15, 0.2) is 24.4 Å². The molecule has 2 N–H and O–H groups in total. The molecule has 2 aromatic heterocycles. The van der Waals surface area contributed by atoms with Crippen LogP contribution in [0, 0.1) is 0 Å². The van der Waals surface area contributed by atoms with Crippen molar-refractivity contribution in [3.8, 4) is 0 Å². The Bertz CT molecular complexity index is 552. The molecule has 0 unspecified atom stereocenters. The molecule has 17 heavy (non-hydrogen) atoms. The summed E-state index contributed by atoms with van der Waals surface area (Å²) in [5.74, 6) is -0.498. The first-order chi connectivity index (χ1) is 8.11. The van der Waals surface area contributed by atoms with Gasteiger partial charge in [0.25, 0.3) is 0 Å². The summed E-state index contributed by atoms with van der Waals surface area (Å²) in [6.45, 7) is 2.00. The molecule has 0 amide bonds. The number of carbonyl (C=O) groups excluding carboxylic acids is 1. The predicted octanol–water partition coefficient (Wildman–Crippen LogP) is -0.809. The van der Waals surface area contributed by atoms with E-state index in [2.05, 4.69) is 5.10 Å². The van der Waals surface area contributed by atoms with Crippen LogP contribution < -0.4 is 5.46 Å². The van der Waals surface area contributed by atoms with Gasteiger partial charge in [-0.05, 0) is 30.6 Å². The van der Waals surface area contributed by atoms with Gasteiger partial charge >= 0.3 is 13.1 Å². The highest BCUT2D eigenvalue weighted by atomic mass is 16.5. The van der Waals surface area contributed by atoms with E-state index in [1.165, 1.54) is 16.6 Å². The number of ether oxygens (including phenoxy) is 1. The number of pyridine rings is 1. The van der Waals surface area contributed by atoms with E-state index in [0.29, 0.717) is 11.0 Å². The zero-order valence-corrected chi connectivity index (χ0v) is 9.20. The minimum Gasteiger partial charge on any atom is -0.461 e. The topological polar surface area (TPSA) is 84.1 Å². The Morgan fingerprint density at radius 1 is 1.53 bits per heavy atom. The van der Waals surface area contributed by atoms with Crippen molar-refractivity contribution >= 4 is 24.1 Å². The molecule has 2 rings (SSSR count). The highest BCUT2D eigenvalue weighted by molar-refractivity contribution is 6.58. The third-order valence-electron chi connectivity index (χ3n) is 2.27. The van der Waals surface area contributed by atoms with Crippen LogP contribution in [-0.2, 0) is 4.74 Å². The van der Waals surface area contributed by atoms with Crippen molar-refractivity contribution < 1.29 is 19.6 Å². The second-order valence-electron chi connectivity index (χ2n) is 3.45. The van der Waals surface area contributed by atoms with Crippen molar-refractivity contribution in [2.75, 3.05) is 6.61 Å². The fourth-order valence-corrected chi connectivity index (χ4v) is 1.48. The first-order valence-electron chi connectivity index (χ1n) is 5.14. The average Bonchev–Trinajstić information content (AvgIpc) is 2.71. The molecule has 0 radical (unpaired) electrons. The van der Waals surface area contributed by atoms with Gasteiger partial charge in [0, 0.05) is 6.20 Å². The Morgan fingerprint density at radius 3 is 2.94 bits per heavy atom. The van der Waals surface area contributed by atoms with Crippen molar-refractivity contribution in [3.63, 3.8) is 0 Å². The van der Waals surface area contributed by atoms with Crippen molar-refractivity contribution in [2.45, 2.75) is 6.92 Å². The number of carbonyl (C=O) groups is 1. The lowest BCUT2D eigenvalue weighted by Gasteiger charge is -1.98. The molecule has 0 atom stereocenters. The van der Waals surface area contributed by atoms with Crippen molar-refractivity contribution in [3.05, 3.63) is 30.1 Å². The molecule has 0 bridgehead atoms. The van der Waals surface area contributed by atoms with E-state index in [1.807, 2.05) is 0 Å². The van der Waals surface area contributed by atoms with Gasteiger partial charge in [0.15, 0.2) is 5.69 Å². The first-order valence-corrected chi connectivity index (χ1v) is 5.14. The Kier molecular flexibility index (Phi) is 3.12. The molecular weight excluding hydrogens is 223 g/mol. The molecule has 0 spiro atoms. The molecule has 0 aliphatic carbocycles. The van der Waals surface area contributed by atoms with Gasteiger partial charge in [-0.25, -0.2) is 9.31 Å². The van der Waals surface area contributed by atoms with E-state index in [-0.39, 0.29) is 12.3 Å². The average molecular weight is 234 g/mol. The Morgan fingerprint density at radius 2 is 2.29 bits per heavy atom. The second-order valence-corrected chi connectivity index (χ2v) is 3.45. The van der Waals surface area contributed by atoms with Crippen molar-refractivity contribution in [2.24, 2.45) is 0 Å². The van der Waals surface area contributed by atoms with E-state index < -0.39 is 13.1 Å². The van der Waals surface area contributed by atoms with Crippen LogP contribution in [0.3, 0.4) is 0 Å². The smallest absolute Gasteiger partial charge is 0.461 e. The highest BCUT2D eigenvalue weighted by Gasteiger charge is 2.15. The number of rotatable bonds is 3. The standard InChI is InChI=1S/C10H11BN2O4/c1-2-17-10(14)9-6-8-5-7(11(15)16)3-4-13(8)12-9/h3-6,15-16H,2H2,1H3.